The first-order chi connectivity index (χ1) is 9.19. The first-order valence-electron chi connectivity index (χ1n) is 6.33. The fraction of sp³-hybridized carbons (Fsp3) is 0.500. The van der Waals surface area contributed by atoms with Crippen molar-refractivity contribution >= 4 is 27.8 Å². The molecule has 1 aromatic heterocycles. The van der Waals surface area contributed by atoms with Crippen LogP contribution < -0.4 is 5.32 Å². The third-order valence-electron chi connectivity index (χ3n) is 2.75. The van der Waals surface area contributed by atoms with Gasteiger partial charge in [0.1, 0.15) is 6.04 Å². The summed E-state index contributed by atoms with van der Waals surface area (Å²) in [7, 11) is 0. The van der Waals surface area contributed by atoms with Crippen LogP contribution in [0.5, 0.6) is 0 Å². The Balaban J connectivity index is 2.71. The van der Waals surface area contributed by atoms with Gasteiger partial charge in [0.2, 0.25) is 0 Å². The Morgan fingerprint density at radius 1 is 1.40 bits per heavy atom. The first kappa shape index (κ1) is 16.6. The summed E-state index contributed by atoms with van der Waals surface area (Å²) in [6, 6.07) is 0.714. The van der Waals surface area contributed by atoms with Gasteiger partial charge in [-0.05, 0) is 40.3 Å². The van der Waals surface area contributed by atoms with Crippen molar-refractivity contribution < 1.29 is 14.7 Å². The first-order valence-corrected chi connectivity index (χ1v) is 7.12. The van der Waals surface area contributed by atoms with Gasteiger partial charge in [0.25, 0.3) is 5.91 Å². The van der Waals surface area contributed by atoms with Crippen molar-refractivity contribution in [3.8, 4) is 0 Å². The minimum Gasteiger partial charge on any atom is -0.480 e. The number of rotatable bonds is 5. The summed E-state index contributed by atoms with van der Waals surface area (Å²) >= 11 is 3.22. The van der Waals surface area contributed by atoms with E-state index < -0.39 is 17.9 Å². The molecule has 0 saturated heterocycles. The van der Waals surface area contributed by atoms with Gasteiger partial charge in [-0.15, -0.1) is 0 Å². The molecule has 0 aliphatic heterocycles. The van der Waals surface area contributed by atoms with Crippen LogP contribution >= 0.6 is 15.9 Å². The second kappa shape index (κ2) is 6.83. The lowest BCUT2D eigenvalue weighted by Crippen LogP contribution is -2.41. The van der Waals surface area contributed by atoms with Crippen LogP contribution in [-0.4, -0.2) is 28.0 Å². The lowest BCUT2D eigenvalue weighted by molar-refractivity contribution is -0.139. The average molecular weight is 343 g/mol. The molecule has 1 atom stereocenters. The normalized spacial score (nSPS) is 12.8. The van der Waals surface area contributed by atoms with E-state index >= 15 is 0 Å². The summed E-state index contributed by atoms with van der Waals surface area (Å²) in [6.07, 6.45) is 4.07. The van der Waals surface area contributed by atoms with Crippen molar-refractivity contribution in [2.75, 3.05) is 0 Å². The van der Waals surface area contributed by atoms with Crippen LogP contribution in [0.15, 0.2) is 22.9 Å². The zero-order valence-corrected chi connectivity index (χ0v) is 13.4. The molecular formula is C14H19BrN2O3. The number of carbonyl (C=O) groups excluding carboxylic acids is 1. The molecule has 1 unspecified atom stereocenters. The van der Waals surface area contributed by atoms with E-state index in [-0.39, 0.29) is 5.41 Å². The number of halogens is 1. The summed E-state index contributed by atoms with van der Waals surface area (Å²) < 4.78 is 0.673. The molecule has 2 N–H and O–H groups in total. The van der Waals surface area contributed by atoms with Gasteiger partial charge in [0.15, 0.2) is 0 Å². The molecule has 5 nitrogen and oxygen atoms in total. The minimum absolute atomic E-state index is 0.0236. The smallest absolute Gasteiger partial charge is 0.326 e. The van der Waals surface area contributed by atoms with Gasteiger partial charge >= 0.3 is 5.97 Å². The molecule has 0 saturated carbocycles. The fourth-order valence-corrected chi connectivity index (χ4v) is 1.98. The van der Waals surface area contributed by atoms with Gasteiger partial charge in [-0.25, -0.2) is 4.79 Å². The maximum absolute atomic E-state index is 12.0. The molecule has 0 bridgehead atoms. The van der Waals surface area contributed by atoms with E-state index in [1.807, 2.05) is 20.8 Å². The van der Waals surface area contributed by atoms with E-state index in [9.17, 15) is 14.7 Å². The van der Waals surface area contributed by atoms with Crippen LogP contribution in [-0.2, 0) is 4.79 Å². The topological polar surface area (TPSA) is 79.3 Å². The number of aliphatic carboxylic acids is 1. The van der Waals surface area contributed by atoms with Crippen molar-refractivity contribution in [3.05, 3.63) is 28.5 Å². The summed E-state index contributed by atoms with van der Waals surface area (Å²) in [6.45, 7) is 6.10. The Morgan fingerprint density at radius 3 is 2.55 bits per heavy atom. The van der Waals surface area contributed by atoms with Crippen molar-refractivity contribution in [2.24, 2.45) is 5.41 Å². The number of carboxylic acids is 1. The summed E-state index contributed by atoms with van der Waals surface area (Å²) in [5, 5.41) is 11.7. The Morgan fingerprint density at radius 2 is 2.05 bits per heavy atom. The van der Waals surface area contributed by atoms with E-state index in [1.165, 1.54) is 6.20 Å². The third-order valence-corrected chi connectivity index (χ3v) is 3.19. The molecule has 0 radical (unpaired) electrons. The number of carboxylic acid groups (broad SMARTS) is 1. The zero-order chi connectivity index (χ0) is 15.3. The molecule has 0 aliphatic rings. The molecule has 1 amide bonds. The molecule has 1 aromatic rings. The molecule has 1 heterocycles. The van der Waals surface area contributed by atoms with Gasteiger partial charge in [0.05, 0.1) is 5.56 Å². The van der Waals surface area contributed by atoms with Crippen LogP contribution in [0.1, 0.15) is 44.0 Å². The van der Waals surface area contributed by atoms with Crippen LogP contribution in [0.3, 0.4) is 0 Å². The summed E-state index contributed by atoms with van der Waals surface area (Å²) in [5.74, 6) is -1.45. The number of nitrogens with one attached hydrogen (secondary N) is 1. The van der Waals surface area contributed by atoms with Crippen molar-refractivity contribution in [1.82, 2.24) is 10.3 Å². The summed E-state index contributed by atoms with van der Waals surface area (Å²) in [5.41, 5.74) is 0.358. The van der Waals surface area contributed by atoms with Crippen molar-refractivity contribution in [2.45, 2.75) is 39.7 Å². The maximum Gasteiger partial charge on any atom is 0.326 e. The zero-order valence-electron chi connectivity index (χ0n) is 11.8. The monoisotopic (exact) mass is 342 g/mol. The Hall–Kier alpha value is -1.43. The van der Waals surface area contributed by atoms with Gasteiger partial charge in [-0.3, -0.25) is 9.78 Å². The van der Waals surface area contributed by atoms with Crippen LogP contribution in [0.2, 0.25) is 0 Å². The highest BCUT2D eigenvalue weighted by Crippen LogP contribution is 2.21. The molecule has 0 aromatic carbocycles. The largest absolute Gasteiger partial charge is 0.480 e. The minimum atomic E-state index is -1.02. The molecule has 20 heavy (non-hydrogen) atoms. The van der Waals surface area contributed by atoms with E-state index in [0.29, 0.717) is 22.9 Å². The molecule has 1 rings (SSSR count). The number of carbonyl (C=O) groups is 2. The van der Waals surface area contributed by atoms with E-state index in [4.69, 9.17) is 0 Å². The molecule has 6 heteroatoms. The third kappa shape index (κ3) is 5.69. The standard InChI is InChI=1S/C14H19BrN2O3/c1-14(2,3)5-4-11(13(19)20)17-12(18)9-6-10(15)8-16-7-9/h6-8,11H,4-5H2,1-3H3,(H,17,18)(H,19,20). The lowest BCUT2D eigenvalue weighted by atomic mass is 9.88. The lowest BCUT2D eigenvalue weighted by Gasteiger charge is -2.21. The highest BCUT2D eigenvalue weighted by atomic mass is 79.9. The molecular weight excluding hydrogens is 324 g/mol. The number of pyridine rings is 1. The predicted octanol–water partition coefficient (Wildman–Crippen LogP) is 2.85. The van der Waals surface area contributed by atoms with Crippen molar-refractivity contribution in [3.63, 3.8) is 0 Å². The Kier molecular flexibility index (Phi) is 5.68. The maximum atomic E-state index is 12.0. The predicted molar refractivity (Wildman–Crippen MR) is 79.5 cm³/mol. The van der Waals surface area contributed by atoms with Crippen molar-refractivity contribution in [1.29, 1.82) is 0 Å². The molecule has 0 aliphatic carbocycles. The quantitative estimate of drug-likeness (QED) is 0.862. The molecule has 0 spiro atoms. The number of hydrogen-bond donors (Lipinski definition) is 2. The van der Waals surface area contributed by atoms with Crippen LogP contribution in [0, 0.1) is 5.41 Å². The van der Waals surface area contributed by atoms with Gasteiger partial charge in [-0.2, -0.15) is 0 Å². The average Bonchev–Trinajstić information content (AvgIpc) is 2.32. The van der Waals surface area contributed by atoms with Gasteiger partial charge in [0, 0.05) is 16.9 Å². The highest BCUT2D eigenvalue weighted by molar-refractivity contribution is 9.10. The second-order valence-corrected chi connectivity index (χ2v) is 6.77. The van der Waals surface area contributed by atoms with E-state index in [1.54, 1.807) is 12.3 Å². The highest BCUT2D eigenvalue weighted by Gasteiger charge is 2.23. The fourth-order valence-electron chi connectivity index (χ4n) is 1.61. The molecule has 0 fully saturated rings. The number of hydrogen-bond acceptors (Lipinski definition) is 3. The van der Waals surface area contributed by atoms with Gasteiger partial charge < -0.3 is 10.4 Å². The van der Waals surface area contributed by atoms with Crippen LogP contribution in [0.4, 0.5) is 0 Å². The molecule has 110 valence electrons. The summed E-state index contributed by atoms with van der Waals surface area (Å²) in [4.78, 5) is 27.1. The van der Waals surface area contributed by atoms with Crippen LogP contribution in [0.25, 0.3) is 0 Å². The van der Waals surface area contributed by atoms with E-state index in [0.717, 1.165) is 0 Å². The van der Waals surface area contributed by atoms with E-state index in [2.05, 4.69) is 26.2 Å². The second-order valence-electron chi connectivity index (χ2n) is 5.86. The van der Waals surface area contributed by atoms with Gasteiger partial charge in [-0.1, -0.05) is 20.8 Å². The Bertz CT molecular complexity index is 497. The number of aromatic nitrogens is 1. The number of nitrogens with zero attached hydrogens (tertiary/aromatic N) is 1. The SMILES string of the molecule is CC(C)(C)CCC(NC(=O)c1cncc(Br)c1)C(=O)O. The Labute approximate surface area is 126 Å². The number of amides is 1.